The molecule has 226 valence electrons. The molecule has 43 heavy (non-hydrogen) atoms. The van der Waals surface area contributed by atoms with Gasteiger partial charge < -0.3 is 19.5 Å². The SMILES string of the molecule is CC(C)Cc1cccc(COc2c3n(cc(C(=O)NCc4ccc(F)cc4F)c2=O)C[C@H]2NC[C@@H]4CCC[C@@H]4N2C3=O)c1. The molecule has 8 nitrogen and oxygen atoms in total. The number of amides is 2. The van der Waals surface area contributed by atoms with Crippen molar-refractivity contribution in [3.8, 4) is 5.75 Å². The number of halogens is 2. The van der Waals surface area contributed by atoms with E-state index in [1.54, 1.807) is 4.57 Å². The van der Waals surface area contributed by atoms with Crippen molar-refractivity contribution in [3.05, 3.63) is 98.5 Å². The first-order valence-electron chi connectivity index (χ1n) is 15.0. The van der Waals surface area contributed by atoms with Crippen molar-refractivity contribution < 1.29 is 23.1 Å². The minimum Gasteiger partial charge on any atom is -0.483 e. The van der Waals surface area contributed by atoms with Gasteiger partial charge in [-0.05, 0) is 48.3 Å². The van der Waals surface area contributed by atoms with E-state index in [9.17, 15) is 23.2 Å². The Morgan fingerprint density at radius 1 is 1.12 bits per heavy atom. The van der Waals surface area contributed by atoms with Crippen LogP contribution in [0.2, 0.25) is 0 Å². The molecule has 0 bridgehead atoms. The zero-order valence-corrected chi connectivity index (χ0v) is 24.4. The molecule has 1 aromatic heterocycles. The molecule has 6 rings (SSSR count). The standard InChI is InChI=1S/C33H36F2N4O4/c1-19(2)11-20-5-3-6-21(12-20)18-43-31-29-33(42)39-27-8-4-7-23(27)15-36-28(39)17-38(29)16-25(30(31)40)32(41)37-14-22-9-10-24(34)13-26(22)35/h3,5-6,9-10,12-13,16,19,23,27-28,36H,4,7-8,11,14-15,17-18H2,1-2H3,(H,37,41)/t23-,27-,28-/m0/s1. The Bertz CT molecular complexity index is 1620. The van der Waals surface area contributed by atoms with Gasteiger partial charge in [-0.25, -0.2) is 8.78 Å². The van der Waals surface area contributed by atoms with Gasteiger partial charge in [0.25, 0.3) is 11.8 Å². The molecular formula is C33H36F2N4O4. The van der Waals surface area contributed by atoms with Gasteiger partial charge in [-0.3, -0.25) is 19.7 Å². The number of rotatable bonds is 8. The molecule has 10 heteroatoms. The maximum absolute atomic E-state index is 14.2. The molecule has 0 unspecified atom stereocenters. The van der Waals surface area contributed by atoms with E-state index in [1.807, 2.05) is 29.2 Å². The van der Waals surface area contributed by atoms with Crippen LogP contribution in [0.4, 0.5) is 8.78 Å². The van der Waals surface area contributed by atoms with Gasteiger partial charge in [-0.1, -0.05) is 50.6 Å². The van der Waals surface area contributed by atoms with Crippen LogP contribution in [0.15, 0.2) is 53.5 Å². The fraction of sp³-hybridized carbons (Fsp3) is 0.424. The number of aromatic nitrogens is 1. The number of benzene rings is 2. The quantitative estimate of drug-likeness (QED) is 0.406. The maximum atomic E-state index is 14.2. The summed E-state index contributed by atoms with van der Waals surface area (Å²) in [6, 6.07) is 11.1. The van der Waals surface area contributed by atoms with Crippen molar-refractivity contribution in [2.75, 3.05) is 6.54 Å². The van der Waals surface area contributed by atoms with E-state index in [4.69, 9.17) is 4.74 Å². The smallest absolute Gasteiger partial charge is 0.276 e. The molecule has 1 saturated carbocycles. The van der Waals surface area contributed by atoms with Gasteiger partial charge in [0.05, 0.1) is 6.54 Å². The van der Waals surface area contributed by atoms with Crippen LogP contribution >= 0.6 is 0 Å². The fourth-order valence-electron chi connectivity index (χ4n) is 6.70. The second-order valence-corrected chi connectivity index (χ2v) is 12.2. The molecule has 2 N–H and O–H groups in total. The summed E-state index contributed by atoms with van der Waals surface area (Å²) in [6.45, 7) is 5.23. The van der Waals surface area contributed by atoms with Crippen LogP contribution in [0.1, 0.15) is 70.6 Å². The van der Waals surface area contributed by atoms with Gasteiger partial charge in [0, 0.05) is 37.0 Å². The number of ether oxygens (including phenoxy) is 1. The molecule has 3 aliphatic rings. The number of pyridine rings is 1. The summed E-state index contributed by atoms with van der Waals surface area (Å²) < 4.78 is 35.3. The van der Waals surface area contributed by atoms with Gasteiger partial charge in [0.15, 0.2) is 11.4 Å². The Kier molecular flexibility index (Phi) is 8.05. The Balaban J connectivity index is 1.34. The maximum Gasteiger partial charge on any atom is 0.276 e. The summed E-state index contributed by atoms with van der Waals surface area (Å²) in [7, 11) is 0. The summed E-state index contributed by atoms with van der Waals surface area (Å²) in [4.78, 5) is 43.1. The van der Waals surface area contributed by atoms with Gasteiger partial charge in [-0.15, -0.1) is 0 Å². The lowest BCUT2D eigenvalue weighted by Crippen LogP contribution is -2.65. The Labute approximate surface area is 249 Å². The molecule has 1 aliphatic carbocycles. The summed E-state index contributed by atoms with van der Waals surface area (Å²) in [5.74, 6) is -1.89. The molecule has 0 spiro atoms. The van der Waals surface area contributed by atoms with Gasteiger partial charge in [-0.2, -0.15) is 0 Å². The highest BCUT2D eigenvalue weighted by Crippen LogP contribution is 2.37. The van der Waals surface area contributed by atoms with E-state index < -0.39 is 23.0 Å². The first-order chi connectivity index (χ1) is 20.7. The normalized spacial score (nSPS) is 20.9. The van der Waals surface area contributed by atoms with Crippen molar-refractivity contribution >= 4 is 11.8 Å². The van der Waals surface area contributed by atoms with E-state index in [2.05, 4.69) is 24.5 Å². The second kappa shape index (κ2) is 11.9. The van der Waals surface area contributed by atoms with Gasteiger partial charge in [0.2, 0.25) is 5.43 Å². The predicted octanol–water partition coefficient (Wildman–Crippen LogP) is 4.39. The molecule has 2 fully saturated rings. The van der Waals surface area contributed by atoms with Crippen LogP contribution in [-0.4, -0.2) is 40.0 Å². The monoisotopic (exact) mass is 590 g/mol. The van der Waals surface area contributed by atoms with Crippen molar-refractivity contribution in [1.82, 2.24) is 20.1 Å². The third kappa shape index (κ3) is 5.80. The first-order valence-corrected chi connectivity index (χ1v) is 15.0. The summed E-state index contributed by atoms with van der Waals surface area (Å²) in [5, 5.41) is 6.04. The molecule has 2 amide bonds. The summed E-state index contributed by atoms with van der Waals surface area (Å²) in [6.07, 6.45) is 5.02. The minimum absolute atomic E-state index is 0.0427. The average molecular weight is 591 g/mol. The van der Waals surface area contributed by atoms with E-state index in [-0.39, 0.29) is 53.8 Å². The number of fused-ring (bicyclic) bond motifs is 4. The molecule has 3 atom stereocenters. The highest BCUT2D eigenvalue weighted by molar-refractivity contribution is 5.99. The highest BCUT2D eigenvalue weighted by Gasteiger charge is 2.46. The lowest BCUT2D eigenvalue weighted by atomic mass is 9.96. The zero-order chi connectivity index (χ0) is 30.2. The largest absolute Gasteiger partial charge is 0.483 e. The number of carbonyl (C=O) groups excluding carboxylic acids is 2. The van der Waals surface area contributed by atoms with Crippen LogP contribution in [0.25, 0.3) is 0 Å². The van der Waals surface area contributed by atoms with Crippen molar-refractivity contribution in [1.29, 1.82) is 0 Å². The molecule has 2 aliphatic heterocycles. The van der Waals surface area contributed by atoms with Crippen LogP contribution in [0.5, 0.6) is 5.75 Å². The Morgan fingerprint density at radius 2 is 1.93 bits per heavy atom. The minimum atomic E-state index is -0.800. The molecule has 3 heterocycles. The lowest BCUT2D eigenvalue weighted by molar-refractivity contribution is 0.0158. The average Bonchev–Trinajstić information content (AvgIpc) is 3.45. The second-order valence-electron chi connectivity index (χ2n) is 12.2. The van der Waals surface area contributed by atoms with E-state index in [0.717, 1.165) is 55.5 Å². The third-order valence-electron chi connectivity index (χ3n) is 8.69. The van der Waals surface area contributed by atoms with E-state index >= 15 is 0 Å². The number of hydrogen-bond acceptors (Lipinski definition) is 5. The summed E-state index contributed by atoms with van der Waals surface area (Å²) in [5.41, 5.74) is 1.27. The molecule has 1 saturated heterocycles. The van der Waals surface area contributed by atoms with Crippen molar-refractivity contribution in [2.45, 2.75) is 71.4 Å². The predicted molar refractivity (Wildman–Crippen MR) is 157 cm³/mol. The van der Waals surface area contributed by atoms with Crippen molar-refractivity contribution in [3.63, 3.8) is 0 Å². The van der Waals surface area contributed by atoms with Gasteiger partial charge in [0.1, 0.15) is 30.0 Å². The summed E-state index contributed by atoms with van der Waals surface area (Å²) >= 11 is 0. The van der Waals surface area contributed by atoms with Crippen LogP contribution in [0.3, 0.4) is 0 Å². The van der Waals surface area contributed by atoms with Crippen LogP contribution in [-0.2, 0) is 26.1 Å². The van der Waals surface area contributed by atoms with E-state index in [1.165, 1.54) is 12.3 Å². The number of hydrogen-bond donors (Lipinski definition) is 2. The van der Waals surface area contributed by atoms with Crippen LogP contribution in [0, 0.1) is 23.5 Å². The van der Waals surface area contributed by atoms with Crippen LogP contribution < -0.4 is 20.8 Å². The van der Waals surface area contributed by atoms with Crippen molar-refractivity contribution in [2.24, 2.45) is 11.8 Å². The lowest BCUT2D eigenvalue weighted by Gasteiger charge is -2.47. The number of carbonyl (C=O) groups is 2. The van der Waals surface area contributed by atoms with Gasteiger partial charge >= 0.3 is 0 Å². The third-order valence-corrected chi connectivity index (χ3v) is 8.69. The Morgan fingerprint density at radius 3 is 2.72 bits per heavy atom. The molecule has 3 aromatic rings. The zero-order valence-electron chi connectivity index (χ0n) is 24.4. The molecular weight excluding hydrogens is 554 g/mol. The Hall–Kier alpha value is -4.05. The first kappa shape index (κ1) is 29.0. The fourth-order valence-corrected chi connectivity index (χ4v) is 6.70. The molecule has 2 aromatic carbocycles. The number of nitrogens with zero attached hydrogens (tertiary/aromatic N) is 2. The highest BCUT2D eigenvalue weighted by atomic mass is 19.1. The topological polar surface area (TPSA) is 92.7 Å². The van der Waals surface area contributed by atoms with E-state index in [0.29, 0.717) is 18.4 Å². The molecule has 0 radical (unpaired) electrons. The number of nitrogens with one attached hydrogen (secondary N) is 2.